The van der Waals surface area contributed by atoms with Crippen molar-refractivity contribution in [1.82, 2.24) is 19.6 Å². The first kappa shape index (κ1) is 23.6. The summed E-state index contributed by atoms with van der Waals surface area (Å²) in [6, 6.07) is 13.5. The summed E-state index contributed by atoms with van der Waals surface area (Å²) in [6.45, 7) is 3.94. The van der Waals surface area contributed by atoms with Crippen LogP contribution in [0.5, 0.6) is 0 Å². The first-order valence-electron chi connectivity index (χ1n) is 10.5. The molecule has 0 aliphatic heterocycles. The normalized spacial score (nSPS) is 11.9. The Bertz CT molecular complexity index is 1250. The second-order valence-electron chi connectivity index (χ2n) is 7.92. The summed E-state index contributed by atoms with van der Waals surface area (Å²) < 4.78 is 26.3. The van der Waals surface area contributed by atoms with Crippen LogP contribution in [-0.2, 0) is 27.8 Å². The molecule has 0 atom stereocenters. The maximum atomic E-state index is 12.5. The van der Waals surface area contributed by atoms with Gasteiger partial charge >= 0.3 is 0 Å². The zero-order valence-electron chi connectivity index (χ0n) is 18.5. The largest absolute Gasteiger partial charge is 0.352 e. The number of rotatable bonds is 9. The molecule has 0 bridgehead atoms. The highest BCUT2D eigenvalue weighted by Crippen LogP contribution is 2.17. The fraction of sp³-hybridized carbons (Fsp3) is 0.348. The molecule has 3 aromatic rings. The van der Waals surface area contributed by atoms with E-state index in [0.717, 1.165) is 5.56 Å². The summed E-state index contributed by atoms with van der Waals surface area (Å²) in [7, 11) is -1.97. The van der Waals surface area contributed by atoms with Crippen LogP contribution in [0.15, 0.2) is 58.2 Å². The second-order valence-corrected chi connectivity index (χ2v) is 9.92. The number of H-pyrrole nitrogens is 1. The molecular formula is C23H28N4O4S. The second kappa shape index (κ2) is 10.1. The quantitative estimate of drug-likeness (QED) is 0.514. The van der Waals surface area contributed by atoms with Gasteiger partial charge in [-0.05, 0) is 50.1 Å². The van der Waals surface area contributed by atoms with Gasteiger partial charge in [-0.15, -0.1) is 0 Å². The van der Waals surface area contributed by atoms with Crippen LogP contribution in [0.3, 0.4) is 0 Å². The van der Waals surface area contributed by atoms with Crippen LogP contribution >= 0.6 is 0 Å². The van der Waals surface area contributed by atoms with Crippen LogP contribution in [-0.4, -0.2) is 41.7 Å². The van der Waals surface area contributed by atoms with E-state index in [1.807, 2.05) is 19.9 Å². The third-order valence-corrected chi connectivity index (χ3v) is 7.34. The molecule has 2 aromatic carbocycles. The summed E-state index contributed by atoms with van der Waals surface area (Å²) in [5.41, 5.74) is 1.27. The van der Waals surface area contributed by atoms with Crippen molar-refractivity contribution in [3.05, 3.63) is 70.3 Å². The molecule has 9 heteroatoms. The van der Waals surface area contributed by atoms with E-state index >= 15 is 0 Å². The summed E-state index contributed by atoms with van der Waals surface area (Å²) in [5.74, 6) is 0.439. The van der Waals surface area contributed by atoms with Gasteiger partial charge in [-0.25, -0.2) is 13.4 Å². The first-order valence-corrected chi connectivity index (χ1v) is 11.9. The number of aromatic nitrogens is 2. The predicted octanol–water partition coefficient (Wildman–Crippen LogP) is 2.59. The molecule has 8 nitrogen and oxygen atoms in total. The Morgan fingerprint density at radius 3 is 2.50 bits per heavy atom. The number of aryl methyl sites for hydroxylation is 1. The van der Waals surface area contributed by atoms with Crippen molar-refractivity contribution in [1.29, 1.82) is 0 Å². The van der Waals surface area contributed by atoms with Gasteiger partial charge in [-0.3, -0.25) is 9.59 Å². The minimum Gasteiger partial charge on any atom is -0.352 e. The SMILES string of the molecule is CC(C)N(C)S(=O)(=O)c1ccc(CNC(=O)CCCc2nc3ccccc3c(=O)[nH]2)cc1. The molecule has 0 aliphatic rings. The van der Waals surface area contributed by atoms with Crippen molar-refractivity contribution in [2.45, 2.75) is 50.6 Å². The maximum Gasteiger partial charge on any atom is 0.258 e. The molecule has 1 aromatic heterocycles. The third kappa shape index (κ3) is 5.60. The van der Waals surface area contributed by atoms with Gasteiger partial charge < -0.3 is 10.3 Å². The molecule has 170 valence electrons. The van der Waals surface area contributed by atoms with Crippen molar-refractivity contribution >= 4 is 26.8 Å². The van der Waals surface area contributed by atoms with Crippen molar-refractivity contribution in [3.8, 4) is 0 Å². The molecule has 1 heterocycles. The van der Waals surface area contributed by atoms with Crippen LogP contribution in [0, 0.1) is 0 Å². The van der Waals surface area contributed by atoms with E-state index in [-0.39, 0.29) is 22.4 Å². The number of nitrogens with zero attached hydrogens (tertiary/aromatic N) is 2. The van der Waals surface area contributed by atoms with Crippen LogP contribution < -0.4 is 10.9 Å². The van der Waals surface area contributed by atoms with E-state index in [1.54, 1.807) is 49.5 Å². The van der Waals surface area contributed by atoms with Crippen LogP contribution in [0.4, 0.5) is 0 Å². The molecule has 0 aliphatic carbocycles. The Hall–Kier alpha value is -3.04. The first-order chi connectivity index (χ1) is 15.2. The predicted molar refractivity (Wildman–Crippen MR) is 124 cm³/mol. The number of benzene rings is 2. The fourth-order valence-electron chi connectivity index (χ4n) is 3.18. The number of sulfonamides is 1. The smallest absolute Gasteiger partial charge is 0.258 e. The van der Waals surface area contributed by atoms with E-state index in [2.05, 4.69) is 15.3 Å². The third-order valence-electron chi connectivity index (χ3n) is 5.30. The van der Waals surface area contributed by atoms with Gasteiger partial charge in [0.05, 0.1) is 15.8 Å². The number of aromatic amines is 1. The number of carbonyl (C=O) groups excluding carboxylic acids is 1. The lowest BCUT2D eigenvalue weighted by Crippen LogP contribution is -2.33. The minimum absolute atomic E-state index is 0.121. The van der Waals surface area contributed by atoms with E-state index < -0.39 is 10.0 Å². The van der Waals surface area contributed by atoms with Crippen LogP contribution in [0.2, 0.25) is 0 Å². The van der Waals surface area contributed by atoms with E-state index in [1.165, 1.54) is 4.31 Å². The number of hydrogen-bond acceptors (Lipinski definition) is 5. The molecule has 0 saturated heterocycles. The van der Waals surface area contributed by atoms with E-state index in [4.69, 9.17) is 0 Å². The van der Waals surface area contributed by atoms with Gasteiger partial charge in [0.1, 0.15) is 5.82 Å². The molecule has 0 unspecified atom stereocenters. The van der Waals surface area contributed by atoms with Crippen molar-refractivity contribution in [3.63, 3.8) is 0 Å². The fourth-order valence-corrected chi connectivity index (χ4v) is 4.55. The standard InChI is InChI=1S/C23H28N4O4S/c1-16(2)27(3)32(30,31)18-13-11-17(12-14-18)15-24-22(28)10-6-9-21-25-20-8-5-4-7-19(20)23(29)26-21/h4-5,7-8,11-14,16H,6,9-10,15H2,1-3H3,(H,24,28)(H,25,26,29). The van der Waals surface area contributed by atoms with Crippen molar-refractivity contribution in [2.24, 2.45) is 0 Å². The molecular weight excluding hydrogens is 428 g/mol. The Morgan fingerprint density at radius 2 is 1.81 bits per heavy atom. The molecule has 0 fully saturated rings. The number of hydrogen-bond donors (Lipinski definition) is 2. The van der Waals surface area contributed by atoms with Gasteiger partial charge in [0.15, 0.2) is 0 Å². The lowest BCUT2D eigenvalue weighted by atomic mass is 10.2. The van der Waals surface area contributed by atoms with Gasteiger partial charge in [0.25, 0.3) is 5.56 Å². The van der Waals surface area contributed by atoms with Gasteiger partial charge in [0.2, 0.25) is 15.9 Å². The number of amides is 1. The minimum atomic E-state index is -3.53. The van der Waals surface area contributed by atoms with Crippen molar-refractivity contribution in [2.75, 3.05) is 7.05 Å². The average molecular weight is 457 g/mol. The summed E-state index contributed by atoms with van der Waals surface area (Å²) in [6.07, 6.45) is 1.33. The summed E-state index contributed by atoms with van der Waals surface area (Å²) in [4.78, 5) is 31.7. The summed E-state index contributed by atoms with van der Waals surface area (Å²) in [5, 5.41) is 3.38. The van der Waals surface area contributed by atoms with Gasteiger partial charge in [0, 0.05) is 32.5 Å². The molecule has 0 radical (unpaired) electrons. The van der Waals surface area contributed by atoms with Crippen LogP contribution in [0.1, 0.15) is 38.1 Å². The molecule has 0 saturated carbocycles. The topological polar surface area (TPSA) is 112 Å². The number of carbonyl (C=O) groups is 1. The lowest BCUT2D eigenvalue weighted by Gasteiger charge is -2.21. The number of nitrogens with one attached hydrogen (secondary N) is 2. The van der Waals surface area contributed by atoms with Crippen LogP contribution in [0.25, 0.3) is 10.9 Å². The Balaban J connectivity index is 1.50. The average Bonchev–Trinajstić information content (AvgIpc) is 2.77. The zero-order chi connectivity index (χ0) is 23.3. The number of para-hydroxylation sites is 1. The Labute approximate surface area is 187 Å². The Kier molecular flexibility index (Phi) is 7.42. The molecule has 2 N–H and O–H groups in total. The maximum absolute atomic E-state index is 12.5. The highest BCUT2D eigenvalue weighted by molar-refractivity contribution is 7.89. The monoisotopic (exact) mass is 456 g/mol. The van der Waals surface area contributed by atoms with Crippen molar-refractivity contribution < 1.29 is 13.2 Å². The Morgan fingerprint density at radius 1 is 1.12 bits per heavy atom. The molecule has 32 heavy (non-hydrogen) atoms. The molecule has 3 rings (SSSR count). The summed E-state index contributed by atoms with van der Waals surface area (Å²) >= 11 is 0. The molecule has 1 amide bonds. The lowest BCUT2D eigenvalue weighted by molar-refractivity contribution is -0.121. The van der Waals surface area contributed by atoms with Gasteiger partial charge in [-0.2, -0.15) is 4.31 Å². The van der Waals surface area contributed by atoms with E-state index in [9.17, 15) is 18.0 Å². The van der Waals surface area contributed by atoms with E-state index in [0.29, 0.717) is 42.5 Å². The zero-order valence-corrected chi connectivity index (χ0v) is 19.3. The highest BCUT2D eigenvalue weighted by atomic mass is 32.2. The molecule has 0 spiro atoms. The highest BCUT2D eigenvalue weighted by Gasteiger charge is 2.22. The van der Waals surface area contributed by atoms with Gasteiger partial charge in [-0.1, -0.05) is 24.3 Å². The number of fused-ring (bicyclic) bond motifs is 1.